The van der Waals surface area contributed by atoms with Crippen molar-refractivity contribution in [1.29, 1.82) is 5.26 Å². The molecule has 2 aliphatic carbocycles. The first-order valence-electron chi connectivity index (χ1n) is 11.4. The molecule has 0 spiro atoms. The molecule has 1 aromatic rings. The average Bonchev–Trinajstić information content (AvgIpc) is 2.65. The predicted molar refractivity (Wildman–Crippen MR) is 122 cm³/mol. The fourth-order valence-electron chi connectivity index (χ4n) is 7.31. The third-order valence-electron chi connectivity index (χ3n) is 8.30. The van der Waals surface area contributed by atoms with Crippen LogP contribution < -0.4 is 4.74 Å². The lowest BCUT2D eigenvalue weighted by Gasteiger charge is -2.69. The molecule has 0 bridgehead atoms. The van der Waals surface area contributed by atoms with E-state index in [0.29, 0.717) is 28.6 Å². The molecule has 30 heavy (non-hydrogen) atoms. The zero-order valence-corrected chi connectivity index (χ0v) is 20.0. The Kier molecular flexibility index (Phi) is 5.62. The third-order valence-corrected chi connectivity index (χ3v) is 8.61. The van der Waals surface area contributed by atoms with Crippen LogP contribution in [0.2, 0.25) is 5.02 Å². The molecule has 4 nitrogen and oxygen atoms in total. The second kappa shape index (κ2) is 7.69. The highest BCUT2D eigenvalue weighted by atomic mass is 35.5. The molecular formula is C25H36ClN3O. The minimum absolute atomic E-state index is 0.100. The van der Waals surface area contributed by atoms with E-state index in [1.165, 1.54) is 32.5 Å². The number of benzene rings is 1. The number of nitriles is 1. The molecule has 1 heterocycles. The molecule has 1 aliphatic heterocycles. The van der Waals surface area contributed by atoms with Crippen molar-refractivity contribution in [2.45, 2.75) is 65.6 Å². The lowest BCUT2D eigenvalue weighted by Crippen LogP contribution is -2.72. The van der Waals surface area contributed by atoms with E-state index in [4.69, 9.17) is 21.6 Å². The lowest BCUT2D eigenvalue weighted by atomic mass is 9.40. The van der Waals surface area contributed by atoms with Gasteiger partial charge in [0.25, 0.3) is 0 Å². The fraction of sp³-hybridized carbons (Fsp3) is 0.720. The zero-order valence-electron chi connectivity index (χ0n) is 19.3. The Hall–Kier alpha value is -1.28. The van der Waals surface area contributed by atoms with Crippen LogP contribution in [0.25, 0.3) is 0 Å². The van der Waals surface area contributed by atoms with Gasteiger partial charge in [-0.25, -0.2) is 0 Å². The minimum atomic E-state index is 0.100. The summed E-state index contributed by atoms with van der Waals surface area (Å²) in [6, 6.07) is 8.89. The van der Waals surface area contributed by atoms with Gasteiger partial charge in [0.1, 0.15) is 17.9 Å². The van der Waals surface area contributed by atoms with Gasteiger partial charge in [-0.15, -0.1) is 0 Å². The highest BCUT2D eigenvalue weighted by molar-refractivity contribution is 6.31. The minimum Gasteiger partial charge on any atom is -0.489 e. The van der Waals surface area contributed by atoms with Crippen LogP contribution in [0.1, 0.15) is 53.0 Å². The molecule has 0 aromatic heterocycles. The Balaban J connectivity index is 1.50. The summed E-state index contributed by atoms with van der Waals surface area (Å²) in [5.41, 5.74) is 0.694. The number of hydrogen-bond acceptors (Lipinski definition) is 4. The van der Waals surface area contributed by atoms with Gasteiger partial charge < -0.3 is 9.64 Å². The van der Waals surface area contributed by atoms with Crippen molar-refractivity contribution in [2.24, 2.45) is 22.7 Å². The van der Waals surface area contributed by atoms with E-state index in [-0.39, 0.29) is 16.9 Å². The van der Waals surface area contributed by atoms with Crippen LogP contribution in [-0.4, -0.2) is 54.7 Å². The Morgan fingerprint density at radius 3 is 2.37 bits per heavy atom. The van der Waals surface area contributed by atoms with E-state index >= 15 is 0 Å². The highest BCUT2D eigenvalue weighted by Crippen LogP contribution is 2.66. The molecule has 164 valence electrons. The van der Waals surface area contributed by atoms with Crippen LogP contribution in [0.5, 0.6) is 5.75 Å². The van der Waals surface area contributed by atoms with Gasteiger partial charge >= 0.3 is 0 Å². The second-order valence-corrected chi connectivity index (χ2v) is 11.4. The van der Waals surface area contributed by atoms with Gasteiger partial charge in [0.2, 0.25) is 0 Å². The number of likely N-dealkylation sites (N-methyl/N-ethyl adjacent to an activating group) is 1. The summed E-state index contributed by atoms with van der Waals surface area (Å²) in [6.45, 7) is 15.4. The molecule has 3 fully saturated rings. The van der Waals surface area contributed by atoms with Crippen molar-refractivity contribution in [3.63, 3.8) is 0 Å². The van der Waals surface area contributed by atoms with Gasteiger partial charge in [-0.3, -0.25) is 4.90 Å². The molecule has 0 amide bonds. The van der Waals surface area contributed by atoms with Gasteiger partial charge in [-0.1, -0.05) is 39.3 Å². The molecule has 2 saturated carbocycles. The van der Waals surface area contributed by atoms with Crippen LogP contribution in [0.3, 0.4) is 0 Å². The van der Waals surface area contributed by atoms with Crippen molar-refractivity contribution < 1.29 is 4.74 Å². The van der Waals surface area contributed by atoms with Crippen LogP contribution in [0.4, 0.5) is 0 Å². The average molecular weight is 430 g/mol. The SMILES string of the molecule is CC1CN(C)CCN1C1CCC1C1C(C)(C)C(Oc2ccc(C#N)c(Cl)c2)C1(C)C. The predicted octanol–water partition coefficient (Wildman–Crippen LogP) is 5.06. The molecule has 3 aliphatic rings. The van der Waals surface area contributed by atoms with Crippen molar-refractivity contribution in [2.75, 3.05) is 26.7 Å². The standard InChI is InChI=1S/C25H36ClN3O/c1-16-15-28(6)11-12-29(16)21-10-9-19(21)22-24(2,3)23(25(22,4)5)30-18-8-7-17(14-27)20(26)13-18/h7-8,13,16,19,21-23H,9-12,15H2,1-6H3. The summed E-state index contributed by atoms with van der Waals surface area (Å²) in [4.78, 5) is 5.24. The lowest BCUT2D eigenvalue weighted by molar-refractivity contribution is -0.242. The number of hydrogen-bond donors (Lipinski definition) is 0. The zero-order chi connectivity index (χ0) is 21.8. The van der Waals surface area contributed by atoms with Crippen molar-refractivity contribution >= 4 is 11.6 Å². The van der Waals surface area contributed by atoms with Gasteiger partial charge in [-0.2, -0.15) is 5.26 Å². The van der Waals surface area contributed by atoms with E-state index in [1.54, 1.807) is 12.1 Å². The fourth-order valence-corrected chi connectivity index (χ4v) is 7.52. The maximum Gasteiger partial charge on any atom is 0.121 e. The van der Waals surface area contributed by atoms with E-state index in [9.17, 15) is 0 Å². The second-order valence-electron chi connectivity index (χ2n) is 11.0. The number of rotatable bonds is 4. The normalized spacial score (nSPS) is 35.7. The quantitative estimate of drug-likeness (QED) is 0.670. The summed E-state index contributed by atoms with van der Waals surface area (Å²) in [5, 5.41) is 9.59. The third kappa shape index (κ3) is 3.44. The van der Waals surface area contributed by atoms with Crippen molar-refractivity contribution in [1.82, 2.24) is 9.80 Å². The number of piperazine rings is 1. The van der Waals surface area contributed by atoms with Crippen molar-refractivity contribution in [3.05, 3.63) is 28.8 Å². The van der Waals surface area contributed by atoms with Gasteiger partial charge in [0.15, 0.2) is 0 Å². The Morgan fingerprint density at radius 2 is 1.83 bits per heavy atom. The number of halogens is 1. The van der Waals surface area contributed by atoms with Crippen LogP contribution >= 0.6 is 11.6 Å². The van der Waals surface area contributed by atoms with E-state index in [0.717, 1.165) is 11.7 Å². The first-order valence-corrected chi connectivity index (χ1v) is 11.8. The molecule has 1 saturated heterocycles. The number of ether oxygens (including phenoxy) is 1. The maximum absolute atomic E-state index is 9.13. The van der Waals surface area contributed by atoms with Crippen LogP contribution in [0, 0.1) is 34.0 Å². The van der Waals surface area contributed by atoms with Crippen LogP contribution in [0.15, 0.2) is 18.2 Å². The summed E-state index contributed by atoms with van der Waals surface area (Å²) in [5.74, 6) is 2.14. The molecule has 4 rings (SSSR count). The summed E-state index contributed by atoms with van der Waals surface area (Å²) < 4.78 is 6.51. The molecule has 5 heteroatoms. The molecule has 1 aromatic carbocycles. The largest absolute Gasteiger partial charge is 0.489 e. The molecule has 0 N–H and O–H groups in total. The summed E-state index contributed by atoms with van der Waals surface area (Å²) in [7, 11) is 2.24. The smallest absolute Gasteiger partial charge is 0.121 e. The molecule has 0 radical (unpaired) electrons. The summed E-state index contributed by atoms with van der Waals surface area (Å²) >= 11 is 6.24. The topological polar surface area (TPSA) is 39.5 Å². The van der Waals surface area contributed by atoms with Gasteiger partial charge in [-0.05, 0) is 50.8 Å². The Bertz CT molecular complexity index is 829. The molecule has 3 unspecified atom stereocenters. The first kappa shape index (κ1) is 21.9. The molecular weight excluding hydrogens is 394 g/mol. The first-order chi connectivity index (χ1) is 14.1. The van der Waals surface area contributed by atoms with E-state index in [1.807, 2.05) is 6.07 Å². The highest BCUT2D eigenvalue weighted by Gasteiger charge is 2.67. The Labute approximate surface area is 187 Å². The maximum atomic E-state index is 9.13. The van der Waals surface area contributed by atoms with Crippen molar-refractivity contribution in [3.8, 4) is 11.8 Å². The number of nitrogens with zero attached hydrogens (tertiary/aromatic N) is 3. The van der Waals surface area contributed by atoms with Gasteiger partial charge in [0, 0.05) is 48.6 Å². The molecule has 3 atom stereocenters. The monoisotopic (exact) mass is 429 g/mol. The van der Waals surface area contributed by atoms with Gasteiger partial charge in [0.05, 0.1) is 10.6 Å². The van der Waals surface area contributed by atoms with E-state index < -0.39 is 0 Å². The van der Waals surface area contributed by atoms with Crippen LogP contribution in [-0.2, 0) is 0 Å². The van der Waals surface area contributed by atoms with E-state index in [2.05, 4.69) is 57.5 Å². The Morgan fingerprint density at radius 1 is 1.13 bits per heavy atom. The summed E-state index contributed by atoms with van der Waals surface area (Å²) in [6.07, 6.45) is 2.79.